The molecule has 0 aliphatic heterocycles. The number of alkyl halides is 3. The lowest BCUT2D eigenvalue weighted by atomic mass is 9.69. The molecule has 1 aromatic heterocycles. The van der Waals surface area contributed by atoms with E-state index in [2.05, 4.69) is 23.7 Å². The van der Waals surface area contributed by atoms with Crippen molar-refractivity contribution < 1.29 is 13.2 Å². The summed E-state index contributed by atoms with van der Waals surface area (Å²) in [5.74, 6) is 9.43. The van der Waals surface area contributed by atoms with E-state index in [9.17, 15) is 13.2 Å². The molecule has 0 saturated heterocycles. The first-order valence-electron chi connectivity index (χ1n) is 11.5. The third-order valence-electron chi connectivity index (χ3n) is 7.02. The van der Waals surface area contributed by atoms with Gasteiger partial charge in [0.25, 0.3) is 0 Å². The Hall–Kier alpha value is -1.50. The number of halogens is 3. The molecule has 2 aliphatic rings. The van der Waals surface area contributed by atoms with Crippen molar-refractivity contribution in [1.82, 2.24) is 4.98 Å². The molecule has 0 aromatic carbocycles. The van der Waals surface area contributed by atoms with Crippen molar-refractivity contribution >= 4 is 0 Å². The number of hydrogen-bond donors (Lipinski definition) is 0. The van der Waals surface area contributed by atoms with Gasteiger partial charge in [-0.25, -0.2) is 0 Å². The minimum absolute atomic E-state index is 0.374. The molecular formula is C25H34F3N. The van der Waals surface area contributed by atoms with E-state index < -0.39 is 11.9 Å². The van der Waals surface area contributed by atoms with Gasteiger partial charge in [-0.3, -0.25) is 4.98 Å². The molecular weight excluding hydrogens is 371 g/mol. The van der Waals surface area contributed by atoms with Gasteiger partial charge in [-0.2, -0.15) is 13.2 Å². The second-order valence-electron chi connectivity index (χ2n) is 9.09. The van der Waals surface area contributed by atoms with E-state index in [1.807, 2.05) is 0 Å². The smallest absolute Gasteiger partial charge is 0.250 e. The van der Waals surface area contributed by atoms with Crippen LogP contribution >= 0.6 is 0 Å². The van der Waals surface area contributed by atoms with Gasteiger partial charge in [0.2, 0.25) is 0 Å². The van der Waals surface area contributed by atoms with Crippen molar-refractivity contribution in [3.63, 3.8) is 0 Å². The van der Waals surface area contributed by atoms with Crippen molar-refractivity contribution in [3.8, 4) is 11.8 Å². The Morgan fingerprint density at radius 1 is 0.931 bits per heavy atom. The molecule has 160 valence electrons. The van der Waals surface area contributed by atoms with Gasteiger partial charge in [-0.1, -0.05) is 57.3 Å². The van der Waals surface area contributed by atoms with Gasteiger partial charge in [0.1, 0.15) is 5.69 Å². The summed E-state index contributed by atoms with van der Waals surface area (Å²) in [4.78, 5) is 3.49. The van der Waals surface area contributed by atoms with Gasteiger partial charge >= 0.3 is 6.18 Å². The van der Waals surface area contributed by atoms with Gasteiger partial charge in [0.15, 0.2) is 0 Å². The molecule has 0 N–H and O–H groups in total. The molecule has 3 rings (SSSR count). The molecule has 4 heteroatoms. The molecule has 1 heterocycles. The van der Waals surface area contributed by atoms with Gasteiger partial charge in [-0.15, -0.1) is 0 Å². The molecule has 2 saturated carbocycles. The maximum Gasteiger partial charge on any atom is 0.433 e. The fraction of sp³-hybridized carbons (Fsp3) is 0.720. The number of pyridine rings is 1. The van der Waals surface area contributed by atoms with E-state index in [1.54, 1.807) is 0 Å². The lowest BCUT2D eigenvalue weighted by Crippen LogP contribution is -2.25. The Morgan fingerprint density at radius 3 is 2.14 bits per heavy atom. The topological polar surface area (TPSA) is 12.9 Å². The van der Waals surface area contributed by atoms with Crippen molar-refractivity contribution in [3.05, 3.63) is 29.6 Å². The highest BCUT2D eigenvalue weighted by molar-refractivity contribution is 5.33. The van der Waals surface area contributed by atoms with E-state index in [0.29, 0.717) is 11.5 Å². The molecule has 1 aromatic rings. The summed E-state index contributed by atoms with van der Waals surface area (Å²) >= 11 is 0. The zero-order chi connectivity index (χ0) is 20.7. The highest BCUT2D eigenvalue weighted by atomic mass is 19.4. The van der Waals surface area contributed by atoms with E-state index in [4.69, 9.17) is 0 Å². The summed E-state index contributed by atoms with van der Waals surface area (Å²) in [7, 11) is 0. The first-order chi connectivity index (χ1) is 14.0. The SMILES string of the molecule is CCCCC[C@H]1CC[C@H](C2CCC(C#Cc3ccc(C(F)(F)F)nc3)CC2)CC1. The van der Waals surface area contributed by atoms with Crippen LogP contribution in [0.15, 0.2) is 18.3 Å². The summed E-state index contributed by atoms with van der Waals surface area (Å²) in [5, 5.41) is 0. The number of nitrogens with zero attached hydrogens (tertiary/aromatic N) is 1. The zero-order valence-electron chi connectivity index (χ0n) is 17.6. The lowest BCUT2D eigenvalue weighted by molar-refractivity contribution is -0.141. The summed E-state index contributed by atoms with van der Waals surface area (Å²) in [6.07, 6.45) is 12.8. The quantitative estimate of drug-likeness (QED) is 0.362. The average Bonchev–Trinajstić information content (AvgIpc) is 2.73. The molecule has 0 spiro atoms. The molecule has 29 heavy (non-hydrogen) atoms. The lowest BCUT2D eigenvalue weighted by Gasteiger charge is -2.37. The maximum atomic E-state index is 12.6. The van der Waals surface area contributed by atoms with Crippen LogP contribution < -0.4 is 0 Å². The fourth-order valence-electron chi connectivity index (χ4n) is 5.19. The second-order valence-corrected chi connectivity index (χ2v) is 9.09. The van der Waals surface area contributed by atoms with Crippen LogP contribution in [-0.2, 0) is 6.18 Å². The largest absolute Gasteiger partial charge is 0.433 e. The van der Waals surface area contributed by atoms with E-state index in [-0.39, 0.29) is 0 Å². The Labute approximate surface area is 173 Å². The van der Waals surface area contributed by atoms with Crippen LogP contribution in [0.5, 0.6) is 0 Å². The highest BCUT2D eigenvalue weighted by Gasteiger charge is 2.32. The van der Waals surface area contributed by atoms with Crippen molar-refractivity contribution in [2.45, 2.75) is 90.1 Å². The molecule has 1 nitrogen and oxygen atoms in total. The van der Waals surface area contributed by atoms with Crippen molar-refractivity contribution in [2.24, 2.45) is 23.7 Å². The van der Waals surface area contributed by atoms with Gasteiger partial charge < -0.3 is 0 Å². The van der Waals surface area contributed by atoms with Gasteiger partial charge in [0.05, 0.1) is 0 Å². The van der Waals surface area contributed by atoms with Gasteiger partial charge in [-0.05, 0) is 68.4 Å². The third kappa shape index (κ3) is 6.76. The molecule has 0 unspecified atom stereocenters. The Balaban J connectivity index is 1.41. The predicted octanol–water partition coefficient (Wildman–Crippen LogP) is 7.65. The van der Waals surface area contributed by atoms with Crippen LogP contribution in [0, 0.1) is 35.5 Å². The van der Waals surface area contributed by atoms with Crippen molar-refractivity contribution in [1.29, 1.82) is 0 Å². The first-order valence-corrected chi connectivity index (χ1v) is 11.5. The van der Waals surface area contributed by atoms with Crippen molar-refractivity contribution in [2.75, 3.05) is 0 Å². The monoisotopic (exact) mass is 405 g/mol. The number of rotatable bonds is 5. The minimum Gasteiger partial charge on any atom is -0.250 e. The van der Waals surface area contributed by atoms with E-state index >= 15 is 0 Å². The summed E-state index contributed by atoms with van der Waals surface area (Å²) in [6.45, 7) is 2.28. The third-order valence-corrected chi connectivity index (χ3v) is 7.02. The Morgan fingerprint density at radius 2 is 1.59 bits per heavy atom. The van der Waals surface area contributed by atoms with Crippen LogP contribution in [0.4, 0.5) is 13.2 Å². The fourth-order valence-corrected chi connectivity index (χ4v) is 5.19. The molecule has 0 bridgehead atoms. The van der Waals surface area contributed by atoms with Crippen LogP contribution in [0.3, 0.4) is 0 Å². The minimum atomic E-state index is -4.39. The summed E-state index contributed by atoms with van der Waals surface area (Å²) < 4.78 is 37.7. The summed E-state index contributed by atoms with van der Waals surface area (Å²) in [6, 6.07) is 2.44. The van der Waals surface area contributed by atoms with Crippen LogP contribution in [0.2, 0.25) is 0 Å². The average molecular weight is 406 g/mol. The molecule has 2 aliphatic carbocycles. The van der Waals surface area contributed by atoms with Gasteiger partial charge in [0, 0.05) is 17.7 Å². The van der Waals surface area contributed by atoms with Crippen LogP contribution in [-0.4, -0.2) is 4.98 Å². The van der Waals surface area contributed by atoms with Crippen LogP contribution in [0.1, 0.15) is 95.2 Å². The molecule has 2 fully saturated rings. The normalized spacial score (nSPS) is 27.9. The Bertz CT molecular complexity index is 667. The zero-order valence-corrected chi connectivity index (χ0v) is 17.6. The number of unbranched alkanes of at least 4 members (excludes halogenated alkanes) is 2. The highest BCUT2D eigenvalue weighted by Crippen LogP contribution is 2.42. The second kappa shape index (κ2) is 10.5. The molecule has 0 atom stereocenters. The van der Waals surface area contributed by atoms with E-state index in [1.165, 1.54) is 76.5 Å². The number of aromatic nitrogens is 1. The molecule has 0 amide bonds. The standard InChI is InChI=1S/C25H34F3N/c1-2-3-4-5-19-8-13-22(14-9-19)23-15-10-20(11-16-23)6-7-21-12-17-24(29-18-21)25(26,27)28/h12,17-20,22-23H,2-5,8-11,13-16H2,1H3/t19-,20?,22-,23?. The number of hydrogen-bond acceptors (Lipinski definition) is 1. The Kier molecular flexibility index (Phi) is 8.04. The maximum absolute atomic E-state index is 12.6. The van der Waals surface area contributed by atoms with E-state index in [0.717, 1.165) is 36.7 Å². The first kappa shape index (κ1) is 22.2. The summed E-state index contributed by atoms with van der Waals surface area (Å²) in [5.41, 5.74) is -0.287. The predicted molar refractivity (Wildman–Crippen MR) is 111 cm³/mol. The van der Waals surface area contributed by atoms with Crippen LogP contribution in [0.25, 0.3) is 0 Å². The molecule has 0 radical (unpaired) electrons.